The summed E-state index contributed by atoms with van der Waals surface area (Å²) < 4.78 is 12.1. The van der Waals surface area contributed by atoms with Crippen molar-refractivity contribution in [1.82, 2.24) is 0 Å². The molecule has 2 aromatic carbocycles. The maximum atomic E-state index is 11.9. The number of carbonyl (C=O) groups is 1. The molecule has 0 radical (unpaired) electrons. The van der Waals surface area contributed by atoms with Crippen LogP contribution in [-0.4, -0.2) is 19.9 Å². The number of rotatable bonds is 6. The van der Waals surface area contributed by atoms with Gasteiger partial charge in [0.15, 0.2) is 0 Å². The number of non-ortho nitro benzene ring substituents is 1. The molecule has 0 aliphatic rings. The van der Waals surface area contributed by atoms with Crippen molar-refractivity contribution in [3.8, 4) is 17.2 Å². The highest BCUT2D eigenvalue weighted by atomic mass is 28.3. The van der Waals surface area contributed by atoms with Gasteiger partial charge < -0.3 is 14.9 Å². The van der Waals surface area contributed by atoms with E-state index in [-0.39, 0.29) is 11.1 Å². The predicted octanol–water partition coefficient (Wildman–Crippen LogP) is 4.15. The van der Waals surface area contributed by atoms with Crippen LogP contribution in [0.15, 0.2) is 36.4 Å². The lowest BCUT2D eigenvalue weighted by atomic mass is 9.84. The Morgan fingerprint density at radius 3 is 2.15 bits per heavy atom. The van der Waals surface area contributed by atoms with E-state index < -0.39 is 19.9 Å². The minimum absolute atomic E-state index is 0.0164. The summed E-state index contributed by atoms with van der Waals surface area (Å²) in [5.74, 6) is 0.861. The maximum Gasteiger partial charge on any atom is 0.269 e. The van der Waals surface area contributed by atoms with Crippen LogP contribution >= 0.6 is 0 Å². The average Bonchev–Trinajstić information content (AvgIpc) is 2.53. The van der Waals surface area contributed by atoms with Gasteiger partial charge in [0.25, 0.3) is 11.6 Å². The number of hydrogen-bond acceptors (Lipinski definition) is 5. The van der Waals surface area contributed by atoms with Crippen molar-refractivity contribution in [1.29, 1.82) is 0 Å². The van der Waals surface area contributed by atoms with Crippen LogP contribution in [0.5, 0.6) is 17.2 Å². The van der Waals surface area contributed by atoms with Crippen molar-refractivity contribution in [3.63, 3.8) is 0 Å². The molecule has 2 N–H and O–H groups in total. The number of nitrogens with zero attached hydrogens (tertiary/aromatic N) is 1. The Morgan fingerprint density at radius 1 is 1.11 bits per heavy atom. The van der Waals surface area contributed by atoms with Gasteiger partial charge in [-0.1, -0.05) is 20.8 Å². The highest BCUT2D eigenvalue weighted by Crippen LogP contribution is 2.43. The molecule has 0 fully saturated rings. The van der Waals surface area contributed by atoms with Crippen molar-refractivity contribution >= 4 is 20.6 Å². The van der Waals surface area contributed by atoms with Gasteiger partial charge in [-0.05, 0) is 42.8 Å². The van der Waals surface area contributed by atoms with Crippen LogP contribution in [0.4, 0.5) is 5.69 Å². The van der Waals surface area contributed by atoms with Gasteiger partial charge in [-0.2, -0.15) is 0 Å². The number of carbonyl (C=O) groups excluding carboxylic acids is 1. The van der Waals surface area contributed by atoms with E-state index in [2.05, 4.69) is 0 Å². The second-order valence-corrected chi connectivity index (χ2v) is 9.78. The molecule has 27 heavy (non-hydrogen) atoms. The van der Waals surface area contributed by atoms with Gasteiger partial charge in [0.05, 0.1) is 10.5 Å². The number of primary amides is 1. The van der Waals surface area contributed by atoms with Gasteiger partial charge in [0, 0.05) is 17.7 Å². The van der Waals surface area contributed by atoms with Gasteiger partial charge in [0.2, 0.25) is 9.04 Å². The highest BCUT2D eigenvalue weighted by Gasteiger charge is 2.29. The summed E-state index contributed by atoms with van der Waals surface area (Å²) in [6.45, 7) is 9.97. The topological polar surface area (TPSA) is 105 Å². The van der Waals surface area contributed by atoms with Crippen LogP contribution < -0.4 is 14.9 Å². The van der Waals surface area contributed by atoms with Crippen LogP contribution in [0.1, 0.15) is 36.7 Å². The Kier molecular flexibility index (Phi) is 5.90. The molecule has 0 bridgehead atoms. The lowest BCUT2D eigenvalue weighted by Gasteiger charge is -2.28. The van der Waals surface area contributed by atoms with Crippen molar-refractivity contribution < 1.29 is 18.9 Å². The number of nitro benzene ring substituents is 1. The molecule has 7 nitrogen and oxygen atoms in total. The smallest absolute Gasteiger partial charge is 0.269 e. The fraction of sp³-hybridized carbons (Fsp3) is 0.316. The van der Waals surface area contributed by atoms with E-state index in [1.54, 1.807) is 12.1 Å². The molecule has 0 unspecified atom stereocenters. The van der Waals surface area contributed by atoms with E-state index in [1.165, 1.54) is 24.3 Å². The van der Waals surface area contributed by atoms with Crippen molar-refractivity contribution in [2.45, 2.75) is 39.3 Å². The fourth-order valence-electron chi connectivity index (χ4n) is 2.67. The quantitative estimate of drug-likeness (QED) is 0.455. The Bertz CT molecular complexity index is 858. The number of hydrogen-bond donors (Lipinski definition) is 1. The van der Waals surface area contributed by atoms with Gasteiger partial charge >= 0.3 is 0 Å². The molecule has 2 rings (SSSR count). The van der Waals surface area contributed by atoms with Gasteiger partial charge in [0.1, 0.15) is 17.2 Å². The molecule has 0 heterocycles. The second-order valence-electron chi connectivity index (χ2n) is 7.45. The SMILES string of the molecule is C[SiH](C)Oc1c(C(N)=O)ccc(Oc2ccc([N+](=O)[O-])cc2)c1C(C)(C)C. The fourth-order valence-corrected chi connectivity index (χ4v) is 3.39. The molecule has 8 heteroatoms. The molecular weight excluding hydrogens is 364 g/mol. The first-order valence-electron chi connectivity index (χ1n) is 8.57. The minimum Gasteiger partial charge on any atom is -0.546 e. The number of nitrogens with two attached hydrogens (primary N) is 1. The van der Waals surface area contributed by atoms with Crippen LogP contribution in [-0.2, 0) is 5.41 Å². The van der Waals surface area contributed by atoms with E-state index in [9.17, 15) is 14.9 Å². The molecule has 2 aromatic rings. The zero-order chi connectivity index (χ0) is 20.4. The number of ether oxygens (including phenoxy) is 1. The Hall–Kier alpha value is -2.87. The monoisotopic (exact) mass is 388 g/mol. The standard InChI is InChI=1S/C19H24N2O5Si/c1-19(2,3)16-15(25-13-8-6-12(7-9-13)21(23)24)11-10-14(18(20)22)17(16)26-27(4)5/h6-11,27H,1-5H3,(H2,20,22). The first-order valence-corrected chi connectivity index (χ1v) is 11.3. The van der Waals surface area contributed by atoms with Crippen molar-refractivity contribution in [3.05, 3.63) is 57.6 Å². The summed E-state index contributed by atoms with van der Waals surface area (Å²) >= 11 is 0. The Balaban J connectivity index is 2.58. The Labute approximate surface area is 160 Å². The van der Waals surface area contributed by atoms with Gasteiger partial charge in [-0.3, -0.25) is 14.9 Å². The zero-order valence-electron chi connectivity index (χ0n) is 16.1. The molecule has 0 saturated carbocycles. The molecule has 0 aliphatic heterocycles. The molecular formula is C19H24N2O5Si. The summed E-state index contributed by atoms with van der Waals surface area (Å²) in [5.41, 5.74) is 6.19. The molecule has 0 saturated heterocycles. The van der Waals surface area contributed by atoms with Crippen LogP contribution in [0.3, 0.4) is 0 Å². The average molecular weight is 388 g/mol. The first kappa shape index (κ1) is 20.4. The third kappa shape index (κ3) is 4.85. The van der Waals surface area contributed by atoms with Gasteiger partial charge in [-0.25, -0.2) is 0 Å². The summed E-state index contributed by atoms with van der Waals surface area (Å²) in [5, 5.41) is 10.8. The molecule has 144 valence electrons. The van der Waals surface area contributed by atoms with Gasteiger partial charge in [-0.15, -0.1) is 0 Å². The predicted molar refractivity (Wildman–Crippen MR) is 106 cm³/mol. The van der Waals surface area contributed by atoms with Crippen LogP contribution in [0, 0.1) is 10.1 Å². The van der Waals surface area contributed by atoms with E-state index in [0.717, 1.165) is 5.56 Å². The molecule has 0 aliphatic carbocycles. The lowest BCUT2D eigenvalue weighted by molar-refractivity contribution is -0.384. The molecule has 0 atom stereocenters. The zero-order valence-corrected chi connectivity index (χ0v) is 17.3. The van der Waals surface area contributed by atoms with E-state index in [0.29, 0.717) is 22.8 Å². The highest BCUT2D eigenvalue weighted by molar-refractivity contribution is 6.49. The molecule has 0 spiro atoms. The summed E-state index contributed by atoms with van der Waals surface area (Å²) in [4.78, 5) is 22.3. The summed E-state index contributed by atoms with van der Waals surface area (Å²) in [7, 11) is -1.53. The maximum absolute atomic E-state index is 11.9. The Morgan fingerprint density at radius 2 is 1.70 bits per heavy atom. The number of benzene rings is 2. The normalized spacial score (nSPS) is 11.3. The number of amides is 1. The van der Waals surface area contributed by atoms with Crippen molar-refractivity contribution in [2.75, 3.05) is 0 Å². The summed E-state index contributed by atoms with van der Waals surface area (Å²) in [6, 6.07) is 9.08. The van der Waals surface area contributed by atoms with Crippen molar-refractivity contribution in [2.24, 2.45) is 5.73 Å². The lowest BCUT2D eigenvalue weighted by Crippen LogP contribution is -2.23. The largest absolute Gasteiger partial charge is 0.546 e. The second kappa shape index (κ2) is 7.79. The minimum atomic E-state index is -1.53. The number of nitro groups is 1. The third-order valence-electron chi connectivity index (χ3n) is 3.76. The molecule has 1 amide bonds. The first-order chi connectivity index (χ1) is 12.5. The third-order valence-corrected chi connectivity index (χ3v) is 4.47. The van der Waals surface area contributed by atoms with Crippen LogP contribution in [0.2, 0.25) is 13.1 Å². The van der Waals surface area contributed by atoms with E-state index in [4.69, 9.17) is 14.9 Å². The summed E-state index contributed by atoms with van der Waals surface area (Å²) in [6.07, 6.45) is 0. The van der Waals surface area contributed by atoms with Crippen LogP contribution in [0.25, 0.3) is 0 Å². The van der Waals surface area contributed by atoms with E-state index >= 15 is 0 Å². The van der Waals surface area contributed by atoms with E-state index in [1.807, 2.05) is 33.9 Å². The molecule has 0 aromatic heterocycles.